The minimum absolute atomic E-state index is 0.216. The molecule has 0 aliphatic carbocycles. The lowest BCUT2D eigenvalue weighted by Crippen LogP contribution is -2.66. The van der Waals surface area contributed by atoms with Crippen LogP contribution in [0.5, 0.6) is 0 Å². The first-order valence-corrected chi connectivity index (χ1v) is 5.73. The molecule has 86 valence electrons. The summed E-state index contributed by atoms with van der Waals surface area (Å²) in [6.45, 7) is 10.3. The summed E-state index contributed by atoms with van der Waals surface area (Å²) in [5.74, 6) is 0.445. The van der Waals surface area contributed by atoms with Gasteiger partial charge in [0.15, 0.2) is 0 Å². The summed E-state index contributed by atoms with van der Waals surface area (Å²) in [4.78, 5) is 14.0. The first-order chi connectivity index (χ1) is 6.97. The normalized spacial score (nSPS) is 24.5. The Morgan fingerprint density at radius 2 is 1.93 bits per heavy atom. The summed E-state index contributed by atoms with van der Waals surface area (Å²) >= 11 is 0. The van der Waals surface area contributed by atoms with Crippen LogP contribution < -0.4 is 10.6 Å². The Morgan fingerprint density at radius 3 is 2.33 bits per heavy atom. The van der Waals surface area contributed by atoms with Crippen molar-refractivity contribution >= 4 is 5.91 Å². The average molecular weight is 211 g/mol. The van der Waals surface area contributed by atoms with Crippen LogP contribution in [0.15, 0.2) is 0 Å². The van der Waals surface area contributed by atoms with Gasteiger partial charge >= 0.3 is 0 Å². The Labute approximate surface area is 91.4 Å². The van der Waals surface area contributed by atoms with E-state index >= 15 is 0 Å². The Kier molecular flexibility index (Phi) is 2.73. The molecule has 4 heteroatoms. The van der Waals surface area contributed by atoms with E-state index in [-0.39, 0.29) is 17.4 Å². The molecular weight excluding hydrogens is 190 g/mol. The first kappa shape index (κ1) is 10.9. The molecule has 0 aromatic carbocycles. The number of carbonyl (C=O) groups is 1. The number of hydrogen-bond acceptors (Lipinski definition) is 3. The van der Waals surface area contributed by atoms with Gasteiger partial charge < -0.3 is 10.6 Å². The number of likely N-dealkylation sites (tertiary alicyclic amines) is 1. The van der Waals surface area contributed by atoms with Crippen molar-refractivity contribution in [3.05, 3.63) is 0 Å². The maximum atomic E-state index is 11.6. The average Bonchev–Trinajstić information content (AvgIpc) is 1.89. The Morgan fingerprint density at radius 1 is 1.33 bits per heavy atom. The van der Waals surface area contributed by atoms with Gasteiger partial charge in [0.1, 0.15) is 0 Å². The minimum atomic E-state index is 0.216. The highest BCUT2D eigenvalue weighted by Crippen LogP contribution is 2.21. The summed E-state index contributed by atoms with van der Waals surface area (Å²) in [5, 5.41) is 6.21. The van der Waals surface area contributed by atoms with E-state index in [4.69, 9.17) is 0 Å². The van der Waals surface area contributed by atoms with Crippen LogP contribution in [0.2, 0.25) is 0 Å². The topological polar surface area (TPSA) is 44.4 Å². The molecule has 0 aromatic heterocycles. The van der Waals surface area contributed by atoms with Gasteiger partial charge in [0.05, 0.1) is 12.0 Å². The SMILES string of the molecule is CC(C)(C)N1CC(NC(=O)C2CNC2)C1. The highest BCUT2D eigenvalue weighted by Gasteiger charge is 2.36. The predicted molar refractivity (Wildman–Crippen MR) is 59.6 cm³/mol. The van der Waals surface area contributed by atoms with Crippen LogP contribution in [-0.4, -0.2) is 48.6 Å². The third-order valence-corrected chi connectivity index (χ3v) is 3.33. The van der Waals surface area contributed by atoms with Crippen molar-refractivity contribution in [3.8, 4) is 0 Å². The van der Waals surface area contributed by atoms with Crippen molar-refractivity contribution in [2.75, 3.05) is 26.2 Å². The fourth-order valence-corrected chi connectivity index (χ4v) is 1.91. The van der Waals surface area contributed by atoms with Crippen molar-refractivity contribution < 1.29 is 4.79 Å². The number of amides is 1. The quantitative estimate of drug-likeness (QED) is 0.665. The molecule has 2 fully saturated rings. The molecule has 4 nitrogen and oxygen atoms in total. The van der Waals surface area contributed by atoms with Crippen molar-refractivity contribution in [1.29, 1.82) is 0 Å². The van der Waals surface area contributed by atoms with Crippen LogP contribution in [-0.2, 0) is 4.79 Å². The van der Waals surface area contributed by atoms with Crippen molar-refractivity contribution in [2.24, 2.45) is 5.92 Å². The second kappa shape index (κ2) is 3.76. The molecular formula is C11H21N3O. The van der Waals surface area contributed by atoms with E-state index < -0.39 is 0 Å². The van der Waals surface area contributed by atoms with Gasteiger partial charge in [-0.1, -0.05) is 0 Å². The number of nitrogens with zero attached hydrogens (tertiary/aromatic N) is 1. The monoisotopic (exact) mass is 211 g/mol. The highest BCUT2D eigenvalue weighted by atomic mass is 16.2. The largest absolute Gasteiger partial charge is 0.350 e. The maximum Gasteiger partial charge on any atom is 0.225 e. The van der Waals surface area contributed by atoms with Gasteiger partial charge in [-0.2, -0.15) is 0 Å². The van der Waals surface area contributed by atoms with Gasteiger partial charge in [-0.15, -0.1) is 0 Å². The van der Waals surface area contributed by atoms with Crippen LogP contribution in [0.25, 0.3) is 0 Å². The van der Waals surface area contributed by atoms with Gasteiger partial charge in [0.2, 0.25) is 5.91 Å². The smallest absolute Gasteiger partial charge is 0.225 e. The molecule has 15 heavy (non-hydrogen) atoms. The minimum Gasteiger partial charge on any atom is -0.350 e. The fourth-order valence-electron chi connectivity index (χ4n) is 1.91. The zero-order chi connectivity index (χ0) is 11.1. The lowest BCUT2D eigenvalue weighted by molar-refractivity contribution is -0.129. The first-order valence-electron chi connectivity index (χ1n) is 5.73. The number of rotatable bonds is 2. The van der Waals surface area contributed by atoms with E-state index in [9.17, 15) is 4.79 Å². The third-order valence-electron chi connectivity index (χ3n) is 3.33. The number of nitrogens with one attached hydrogen (secondary N) is 2. The van der Waals surface area contributed by atoms with Crippen molar-refractivity contribution in [2.45, 2.75) is 32.4 Å². The van der Waals surface area contributed by atoms with Crippen molar-refractivity contribution in [3.63, 3.8) is 0 Å². The van der Waals surface area contributed by atoms with Crippen LogP contribution in [0.3, 0.4) is 0 Å². The van der Waals surface area contributed by atoms with E-state index in [0.29, 0.717) is 6.04 Å². The summed E-state index contributed by atoms with van der Waals surface area (Å²) < 4.78 is 0. The highest BCUT2D eigenvalue weighted by molar-refractivity contribution is 5.80. The second-order valence-electron chi connectivity index (χ2n) is 5.64. The van der Waals surface area contributed by atoms with Crippen LogP contribution in [0.4, 0.5) is 0 Å². The molecule has 0 radical (unpaired) electrons. The molecule has 1 amide bonds. The predicted octanol–water partition coefficient (Wildman–Crippen LogP) is -0.195. The molecule has 0 spiro atoms. The van der Waals surface area contributed by atoms with Crippen LogP contribution in [0.1, 0.15) is 20.8 Å². The van der Waals surface area contributed by atoms with Gasteiger partial charge in [0, 0.05) is 31.7 Å². The summed E-state index contributed by atoms with van der Waals surface area (Å²) in [6, 6.07) is 0.373. The molecule has 2 aliphatic rings. The lowest BCUT2D eigenvalue weighted by Gasteiger charge is -2.48. The lowest BCUT2D eigenvalue weighted by atomic mass is 9.96. The Hall–Kier alpha value is -0.610. The van der Waals surface area contributed by atoms with Crippen LogP contribution in [0, 0.1) is 5.92 Å². The van der Waals surface area contributed by atoms with Gasteiger partial charge in [-0.25, -0.2) is 0 Å². The van der Waals surface area contributed by atoms with E-state index in [2.05, 4.69) is 36.3 Å². The van der Waals surface area contributed by atoms with E-state index in [1.54, 1.807) is 0 Å². The summed E-state index contributed by atoms with van der Waals surface area (Å²) in [5.41, 5.74) is 0.235. The van der Waals surface area contributed by atoms with E-state index in [0.717, 1.165) is 26.2 Å². The van der Waals surface area contributed by atoms with E-state index in [1.807, 2.05) is 0 Å². The summed E-state index contributed by atoms with van der Waals surface area (Å²) in [7, 11) is 0. The molecule has 2 heterocycles. The van der Waals surface area contributed by atoms with Gasteiger partial charge in [-0.3, -0.25) is 9.69 Å². The molecule has 2 saturated heterocycles. The van der Waals surface area contributed by atoms with Gasteiger partial charge in [-0.05, 0) is 20.8 Å². The Balaban J connectivity index is 1.69. The van der Waals surface area contributed by atoms with Crippen LogP contribution >= 0.6 is 0 Å². The van der Waals surface area contributed by atoms with E-state index in [1.165, 1.54) is 0 Å². The van der Waals surface area contributed by atoms with Crippen molar-refractivity contribution in [1.82, 2.24) is 15.5 Å². The molecule has 0 bridgehead atoms. The Bertz CT molecular complexity index is 249. The second-order valence-corrected chi connectivity index (χ2v) is 5.64. The fraction of sp³-hybridized carbons (Fsp3) is 0.909. The zero-order valence-electron chi connectivity index (χ0n) is 9.84. The number of hydrogen-bond donors (Lipinski definition) is 2. The molecule has 0 saturated carbocycles. The molecule has 0 aromatic rings. The standard InChI is InChI=1S/C11H21N3O/c1-11(2,3)14-6-9(7-14)13-10(15)8-4-12-5-8/h8-9,12H,4-7H2,1-3H3,(H,13,15). The molecule has 0 unspecified atom stereocenters. The zero-order valence-corrected chi connectivity index (χ0v) is 9.84. The molecule has 2 rings (SSSR count). The third kappa shape index (κ3) is 2.32. The molecule has 2 N–H and O–H groups in total. The summed E-state index contributed by atoms with van der Waals surface area (Å²) in [6.07, 6.45) is 0. The molecule has 0 atom stereocenters. The van der Waals surface area contributed by atoms with Gasteiger partial charge in [0.25, 0.3) is 0 Å². The maximum absolute atomic E-state index is 11.6. The number of carbonyl (C=O) groups excluding carboxylic acids is 1. The molecule has 2 aliphatic heterocycles.